The van der Waals surface area contributed by atoms with Crippen molar-refractivity contribution in [1.29, 1.82) is 0 Å². The van der Waals surface area contributed by atoms with Crippen molar-refractivity contribution < 1.29 is 23.4 Å². The SMILES string of the molecule is O=C(CCc1ccc(-c2ccccc2)o1)NCCOc1ccc2c(c1)OCO2. The summed E-state index contributed by atoms with van der Waals surface area (Å²) in [5.41, 5.74) is 1.03. The van der Waals surface area contributed by atoms with Crippen LogP contribution in [0.4, 0.5) is 0 Å². The maximum atomic E-state index is 12.0. The summed E-state index contributed by atoms with van der Waals surface area (Å²) in [4.78, 5) is 12.0. The summed E-state index contributed by atoms with van der Waals surface area (Å²) >= 11 is 0. The second kappa shape index (κ2) is 8.52. The molecule has 28 heavy (non-hydrogen) atoms. The predicted molar refractivity (Wildman–Crippen MR) is 104 cm³/mol. The Labute approximate surface area is 163 Å². The molecule has 6 nitrogen and oxygen atoms in total. The minimum Gasteiger partial charge on any atom is -0.492 e. The first-order valence-electron chi connectivity index (χ1n) is 9.21. The lowest BCUT2D eigenvalue weighted by Crippen LogP contribution is -2.28. The average molecular weight is 379 g/mol. The standard InChI is InChI=1S/C22H21NO5/c24-22(11-8-17-6-9-19(28-17)16-4-2-1-3-5-16)23-12-13-25-18-7-10-20-21(14-18)27-15-26-20/h1-7,9-10,14H,8,11-13,15H2,(H,23,24). The number of amides is 1. The minimum absolute atomic E-state index is 0.0352. The first-order valence-corrected chi connectivity index (χ1v) is 9.21. The molecule has 1 amide bonds. The fourth-order valence-corrected chi connectivity index (χ4v) is 2.92. The fourth-order valence-electron chi connectivity index (χ4n) is 2.92. The Kier molecular flexibility index (Phi) is 5.47. The van der Waals surface area contributed by atoms with Crippen LogP contribution in [0.25, 0.3) is 11.3 Å². The van der Waals surface area contributed by atoms with Crippen molar-refractivity contribution in [2.24, 2.45) is 0 Å². The van der Waals surface area contributed by atoms with Gasteiger partial charge in [-0.3, -0.25) is 4.79 Å². The first kappa shape index (κ1) is 18.0. The molecular formula is C22H21NO5. The zero-order valence-electron chi connectivity index (χ0n) is 15.4. The maximum absolute atomic E-state index is 12.0. The number of fused-ring (bicyclic) bond motifs is 1. The molecule has 0 bridgehead atoms. The lowest BCUT2D eigenvalue weighted by molar-refractivity contribution is -0.121. The molecule has 1 aromatic heterocycles. The molecule has 0 unspecified atom stereocenters. The highest BCUT2D eigenvalue weighted by Crippen LogP contribution is 2.35. The Bertz CT molecular complexity index is 935. The van der Waals surface area contributed by atoms with Crippen molar-refractivity contribution in [2.75, 3.05) is 19.9 Å². The van der Waals surface area contributed by atoms with Gasteiger partial charge in [0.2, 0.25) is 12.7 Å². The summed E-state index contributed by atoms with van der Waals surface area (Å²) in [5.74, 6) is 3.65. The van der Waals surface area contributed by atoms with Crippen LogP contribution in [0.5, 0.6) is 17.2 Å². The summed E-state index contributed by atoms with van der Waals surface area (Å²) in [6.07, 6.45) is 0.924. The van der Waals surface area contributed by atoms with Crippen molar-refractivity contribution in [2.45, 2.75) is 12.8 Å². The Morgan fingerprint density at radius 2 is 1.86 bits per heavy atom. The van der Waals surface area contributed by atoms with Gasteiger partial charge in [-0.1, -0.05) is 30.3 Å². The number of furan rings is 1. The van der Waals surface area contributed by atoms with Gasteiger partial charge in [0.1, 0.15) is 23.9 Å². The smallest absolute Gasteiger partial charge is 0.231 e. The molecule has 1 N–H and O–H groups in total. The quantitative estimate of drug-likeness (QED) is 0.603. The van der Waals surface area contributed by atoms with E-state index in [1.54, 1.807) is 6.07 Å². The zero-order valence-corrected chi connectivity index (χ0v) is 15.4. The molecule has 0 spiro atoms. The topological polar surface area (TPSA) is 69.9 Å². The van der Waals surface area contributed by atoms with Gasteiger partial charge in [0.25, 0.3) is 0 Å². The average Bonchev–Trinajstić information content (AvgIpc) is 3.39. The number of carbonyl (C=O) groups is 1. The van der Waals surface area contributed by atoms with Crippen LogP contribution in [0.2, 0.25) is 0 Å². The molecule has 3 aromatic rings. The number of benzene rings is 2. The molecule has 0 saturated carbocycles. The van der Waals surface area contributed by atoms with Gasteiger partial charge in [0.05, 0.1) is 6.54 Å². The molecule has 1 aliphatic heterocycles. The Balaban J connectivity index is 1.17. The van der Waals surface area contributed by atoms with E-state index < -0.39 is 0 Å². The minimum atomic E-state index is -0.0352. The van der Waals surface area contributed by atoms with E-state index in [1.807, 2.05) is 54.6 Å². The van der Waals surface area contributed by atoms with Crippen molar-refractivity contribution in [3.63, 3.8) is 0 Å². The van der Waals surface area contributed by atoms with E-state index in [4.69, 9.17) is 18.6 Å². The van der Waals surface area contributed by atoms with E-state index in [0.29, 0.717) is 43.2 Å². The molecule has 1 aliphatic rings. The van der Waals surface area contributed by atoms with Gasteiger partial charge in [-0.2, -0.15) is 0 Å². The van der Waals surface area contributed by atoms with Gasteiger partial charge in [0.15, 0.2) is 11.5 Å². The monoisotopic (exact) mass is 379 g/mol. The van der Waals surface area contributed by atoms with Crippen LogP contribution in [0.3, 0.4) is 0 Å². The number of rotatable bonds is 8. The van der Waals surface area contributed by atoms with Crippen molar-refractivity contribution in [3.05, 3.63) is 66.4 Å². The number of carbonyl (C=O) groups excluding carboxylic acids is 1. The highest BCUT2D eigenvalue weighted by atomic mass is 16.7. The van der Waals surface area contributed by atoms with Gasteiger partial charge in [-0.05, 0) is 24.3 Å². The fraction of sp³-hybridized carbons (Fsp3) is 0.227. The summed E-state index contributed by atoms with van der Waals surface area (Å²) in [6.45, 7) is 1.04. The second-order valence-electron chi connectivity index (χ2n) is 6.35. The van der Waals surface area contributed by atoms with E-state index in [0.717, 1.165) is 17.1 Å². The van der Waals surface area contributed by atoms with Crippen LogP contribution in [0.1, 0.15) is 12.2 Å². The lowest BCUT2D eigenvalue weighted by Gasteiger charge is -2.08. The zero-order chi connectivity index (χ0) is 19.2. The van der Waals surface area contributed by atoms with Crippen LogP contribution < -0.4 is 19.5 Å². The van der Waals surface area contributed by atoms with Crippen LogP contribution in [0.15, 0.2) is 65.1 Å². The number of nitrogens with one attached hydrogen (secondary N) is 1. The molecule has 6 heteroatoms. The summed E-state index contributed by atoms with van der Waals surface area (Å²) < 4.78 is 22.0. The van der Waals surface area contributed by atoms with Crippen LogP contribution in [0, 0.1) is 0 Å². The van der Waals surface area contributed by atoms with Crippen molar-refractivity contribution >= 4 is 5.91 Å². The molecule has 0 atom stereocenters. The van der Waals surface area contributed by atoms with E-state index >= 15 is 0 Å². The molecular weight excluding hydrogens is 358 g/mol. The molecule has 144 valence electrons. The van der Waals surface area contributed by atoms with Gasteiger partial charge < -0.3 is 23.9 Å². The summed E-state index contributed by atoms with van der Waals surface area (Å²) in [6, 6.07) is 19.2. The summed E-state index contributed by atoms with van der Waals surface area (Å²) in [7, 11) is 0. The first-order chi connectivity index (χ1) is 13.8. The Morgan fingerprint density at radius 3 is 2.75 bits per heavy atom. The van der Waals surface area contributed by atoms with Gasteiger partial charge >= 0.3 is 0 Å². The molecule has 0 aliphatic carbocycles. The number of ether oxygens (including phenoxy) is 3. The molecule has 2 aromatic carbocycles. The molecule has 2 heterocycles. The van der Waals surface area contributed by atoms with Crippen LogP contribution in [-0.4, -0.2) is 25.9 Å². The van der Waals surface area contributed by atoms with E-state index in [2.05, 4.69) is 5.32 Å². The number of aryl methyl sites for hydroxylation is 1. The highest BCUT2D eigenvalue weighted by molar-refractivity contribution is 5.76. The molecule has 0 radical (unpaired) electrons. The molecule has 0 fully saturated rings. The van der Waals surface area contributed by atoms with Gasteiger partial charge in [-0.15, -0.1) is 0 Å². The van der Waals surface area contributed by atoms with Crippen LogP contribution in [-0.2, 0) is 11.2 Å². The van der Waals surface area contributed by atoms with E-state index in [-0.39, 0.29) is 12.7 Å². The third-order valence-corrected chi connectivity index (χ3v) is 4.36. The lowest BCUT2D eigenvalue weighted by atomic mass is 10.2. The number of hydrogen-bond acceptors (Lipinski definition) is 5. The van der Waals surface area contributed by atoms with E-state index in [1.165, 1.54) is 0 Å². The Hall–Kier alpha value is -3.41. The van der Waals surface area contributed by atoms with Gasteiger partial charge in [-0.25, -0.2) is 0 Å². The largest absolute Gasteiger partial charge is 0.492 e. The second-order valence-corrected chi connectivity index (χ2v) is 6.35. The maximum Gasteiger partial charge on any atom is 0.231 e. The van der Waals surface area contributed by atoms with E-state index in [9.17, 15) is 4.79 Å². The summed E-state index contributed by atoms with van der Waals surface area (Å²) in [5, 5.41) is 2.85. The Morgan fingerprint density at radius 1 is 1.00 bits per heavy atom. The van der Waals surface area contributed by atoms with Crippen LogP contribution >= 0.6 is 0 Å². The van der Waals surface area contributed by atoms with Crippen molar-refractivity contribution in [3.8, 4) is 28.6 Å². The predicted octanol–water partition coefficient (Wildman–Crippen LogP) is 3.80. The molecule has 4 rings (SSSR count). The normalized spacial score (nSPS) is 12.0. The van der Waals surface area contributed by atoms with Gasteiger partial charge in [0, 0.05) is 24.5 Å². The molecule has 0 saturated heterocycles. The third-order valence-electron chi connectivity index (χ3n) is 4.36. The van der Waals surface area contributed by atoms with Crippen molar-refractivity contribution in [1.82, 2.24) is 5.32 Å². The highest BCUT2D eigenvalue weighted by Gasteiger charge is 2.13. The number of hydrogen-bond donors (Lipinski definition) is 1. The third kappa shape index (κ3) is 4.46.